The maximum absolute atomic E-state index is 10.3. The van der Waals surface area contributed by atoms with E-state index < -0.39 is 0 Å². The van der Waals surface area contributed by atoms with Crippen molar-refractivity contribution in [3.8, 4) is 0 Å². The fourth-order valence-corrected chi connectivity index (χ4v) is 0.248. The topological polar surface area (TPSA) is 40.1 Å². The Kier molecular flexibility index (Phi) is 7.81. The number of hydrogen-bond acceptors (Lipinski definition) is 2. The molecule has 0 unspecified atom stereocenters. The summed E-state index contributed by atoms with van der Waals surface area (Å²) >= 11 is 0. The predicted octanol–water partition coefficient (Wildman–Crippen LogP) is -2.77. The van der Waals surface area contributed by atoms with Gasteiger partial charge < -0.3 is 5.11 Å². The van der Waals surface area contributed by atoms with Crippen LogP contribution in [-0.2, 0) is 4.79 Å². The second kappa shape index (κ2) is 5.62. The molecule has 0 aromatic rings. The van der Waals surface area contributed by atoms with Gasteiger partial charge >= 0.3 is 51.4 Å². The van der Waals surface area contributed by atoms with Crippen LogP contribution in [0.3, 0.4) is 0 Å². The van der Waals surface area contributed by atoms with Crippen molar-refractivity contribution in [3.05, 3.63) is 11.3 Å². The van der Waals surface area contributed by atoms with Crippen LogP contribution in [0.25, 0.3) is 0 Å². The smallest absolute Gasteiger partial charge is 0.875 e. The molecule has 0 radical (unpaired) electrons. The second-order valence-corrected chi connectivity index (χ2v) is 1.74. The van der Waals surface area contributed by atoms with Gasteiger partial charge in [0.1, 0.15) is 0 Å². The molecule has 9 heavy (non-hydrogen) atoms. The molecule has 3 heteroatoms. The van der Waals surface area contributed by atoms with Crippen molar-refractivity contribution in [1.82, 2.24) is 0 Å². The molecule has 0 amide bonds. The van der Waals surface area contributed by atoms with Gasteiger partial charge in [0.25, 0.3) is 0 Å². The van der Waals surface area contributed by atoms with Crippen molar-refractivity contribution in [1.29, 1.82) is 0 Å². The van der Waals surface area contributed by atoms with E-state index in [9.17, 15) is 9.90 Å². The number of allylic oxidation sites excluding steroid dienone is 2. The van der Waals surface area contributed by atoms with Crippen molar-refractivity contribution in [2.24, 2.45) is 0 Å². The Morgan fingerprint density at radius 3 is 1.56 bits per heavy atom. The van der Waals surface area contributed by atoms with E-state index in [1.54, 1.807) is 0 Å². The van der Waals surface area contributed by atoms with Crippen LogP contribution in [0.2, 0.25) is 0 Å². The van der Waals surface area contributed by atoms with Crippen LogP contribution in [0.4, 0.5) is 0 Å². The van der Waals surface area contributed by atoms with Crippen LogP contribution >= 0.6 is 0 Å². The molecule has 0 atom stereocenters. The van der Waals surface area contributed by atoms with Crippen LogP contribution < -0.4 is 56.5 Å². The third-order valence-electron chi connectivity index (χ3n) is 1.06. The van der Waals surface area contributed by atoms with Gasteiger partial charge in [-0.1, -0.05) is 6.92 Å². The van der Waals surface area contributed by atoms with Crippen LogP contribution in [0.1, 0.15) is 20.8 Å². The predicted molar refractivity (Wildman–Crippen MR) is 29.1 cm³/mol. The molecule has 0 aliphatic rings. The summed E-state index contributed by atoms with van der Waals surface area (Å²) < 4.78 is 0. The fraction of sp³-hybridized carbons (Fsp3) is 0.500. The second-order valence-electron chi connectivity index (χ2n) is 1.74. The van der Waals surface area contributed by atoms with Crippen LogP contribution in [0.5, 0.6) is 0 Å². The van der Waals surface area contributed by atoms with Crippen LogP contribution in [0.15, 0.2) is 11.3 Å². The first-order valence-corrected chi connectivity index (χ1v) is 2.41. The Bertz CT molecular complexity index is 134. The minimum absolute atomic E-state index is 0. The summed E-state index contributed by atoms with van der Waals surface area (Å²) in [6.07, 6.45) is 0. The largest absolute Gasteiger partial charge is 1.00 e. The van der Waals surface area contributed by atoms with Crippen molar-refractivity contribution >= 4 is 5.78 Å². The van der Waals surface area contributed by atoms with Crippen LogP contribution in [-0.4, -0.2) is 5.78 Å². The SMILES string of the molecule is CC(=O)/C(C)=C(\C)[O-].[K+]. The van der Waals surface area contributed by atoms with Gasteiger partial charge in [-0.25, -0.2) is 0 Å². The van der Waals surface area contributed by atoms with Gasteiger partial charge in [-0.05, 0) is 19.4 Å². The molecule has 0 saturated heterocycles. The van der Waals surface area contributed by atoms with E-state index in [0.29, 0.717) is 5.57 Å². The van der Waals surface area contributed by atoms with Gasteiger partial charge in [-0.2, -0.15) is 0 Å². The average Bonchev–Trinajstić information content (AvgIpc) is 1.64. The summed E-state index contributed by atoms with van der Waals surface area (Å²) in [7, 11) is 0. The van der Waals surface area contributed by atoms with Crippen molar-refractivity contribution in [3.63, 3.8) is 0 Å². The van der Waals surface area contributed by atoms with E-state index in [0.717, 1.165) is 0 Å². The summed E-state index contributed by atoms with van der Waals surface area (Å²) in [6, 6.07) is 0. The quantitative estimate of drug-likeness (QED) is 0.232. The molecule has 0 fully saturated rings. The first-order valence-electron chi connectivity index (χ1n) is 2.41. The molecule has 0 rings (SSSR count). The zero-order valence-electron chi connectivity index (χ0n) is 6.32. The Labute approximate surface area is 97.8 Å². The van der Waals surface area contributed by atoms with Crippen LogP contribution in [0, 0.1) is 0 Å². The third-order valence-corrected chi connectivity index (χ3v) is 1.06. The maximum Gasteiger partial charge on any atom is 1.00 e. The standard InChI is InChI=1S/C6H10O2.K/c1-4(5(2)7)6(3)8;/h7H,1-3H3;/q;+1/p-1/b5-4+;. The molecule has 0 aliphatic heterocycles. The molecule has 0 bridgehead atoms. The summed E-state index contributed by atoms with van der Waals surface area (Å²) in [5.41, 5.74) is 0.324. The molecular weight excluding hydrogens is 143 g/mol. The first kappa shape index (κ1) is 12.5. The van der Waals surface area contributed by atoms with Gasteiger partial charge in [0.05, 0.1) is 0 Å². The zero-order valence-corrected chi connectivity index (χ0v) is 9.44. The normalized spacial score (nSPS) is 11.4. The Morgan fingerprint density at radius 1 is 1.22 bits per heavy atom. The number of Topliss-reactive ketones (excluding diaryl/α,β-unsaturated/α-hetero) is 1. The van der Waals surface area contributed by atoms with E-state index in [1.807, 2.05) is 0 Å². The summed E-state index contributed by atoms with van der Waals surface area (Å²) in [5, 5.41) is 10.3. The zero-order chi connectivity index (χ0) is 6.73. The summed E-state index contributed by atoms with van der Waals surface area (Å²) in [6.45, 7) is 4.30. The molecular formula is C6H9KO2. The van der Waals surface area contributed by atoms with Gasteiger partial charge in [-0.15, -0.1) is 5.76 Å². The van der Waals surface area contributed by atoms with E-state index in [-0.39, 0.29) is 62.9 Å². The minimum atomic E-state index is -0.141. The molecule has 0 N–H and O–H groups in total. The molecule has 0 heterocycles. The number of hydrogen-bond donors (Lipinski definition) is 0. The Balaban J connectivity index is 0. The molecule has 2 nitrogen and oxygen atoms in total. The van der Waals surface area contributed by atoms with Crippen molar-refractivity contribution in [2.45, 2.75) is 20.8 Å². The Hall–Kier alpha value is 0.846. The van der Waals surface area contributed by atoms with Crippen molar-refractivity contribution < 1.29 is 61.3 Å². The van der Waals surface area contributed by atoms with Gasteiger partial charge in [0, 0.05) is 0 Å². The van der Waals surface area contributed by atoms with Gasteiger partial charge in [0.2, 0.25) is 0 Å². The van der Waals surface area contributed by atoms with Gasteiger partial charge in [-0.3, -0.25) is 4.79 Å². The maximum atomic E-state index is 10.3. The Morgan fingerprint density at radius 2 is 1.56 bits per heavy atom. The average molecular weight is 152 g/mol. The summed E-state index contributed by atoms with van der Waals surface area (Å²) in [4.78, 5) is 10.3. The molecule has 0 spiro atoms. The van der Waals surface area contributed by atoms with E-state index >= 15 is 0 Å². The minimum Gasteiger partial charge on any atom is -0.875 e. The fourth-order valence-electron chi connectivity index (χ4n) is 0.248. The molecule has 0 aromatic carbocycles. The van der Waals surface area contributed by atoms with E-state index in [4.69, 9.17) is 0 Å². The first-order chi connectivity index (χ1) is 3.55. The number of ketones is 1. The summed E-state index contributed by atoms with van der Waals surface area (Å²) in [5.74, 6) is -0.282. The number of carbonyl (C=O) groups is 1. The number of carbonyl (C=O) groups excluding carboxylic acids is 1. The van der Waals surface area contributed by atoms with E-state index in [2.05, 4.69) is 0 Å². The molecule has 0 aliphatic carbocycles. The van der Waals surface area contributed by atoms with Crippen molar-refractivity contribution in [2.75, 3.05) is 0 Å². The molecule has 0 aromatic heterocycles. The molecule has 0 saturated carbocycles. The van der Waals surface area contributed by atoms with Gasteiger partial charge in [0.15, 0.2) is 5.78 Å². The number of rotatable bonds is 1. The monoisotopic (exact) mass is 152 g/mol. The molecule has 46 valence electrons. The van der Waals surface area contributed by atoms with E-state index in [1.165, 1.54) is 20.8 Å². The third kappa shape index (κ3) is 5.30.